The normalized spacial score (nSPS) is 16.3. The van der Waals surface area contributed by atoms with Crippen molar-refractivity contribution in [3.8, 4) is 5.75 Å². The van der Waals surface area contributed by atoms with Crippen LogP contribution in [0.25, 0.3) is 10.9 Å². The Balaban J connectivity index is 1.41. The molecule has 1 aliphatic rings. The highest BCUT2D eigenvalue weighted by Gasteiger charge is 2.27. The molecular weight excluding hydrogens is 336 g/mol. The third-order valence-electron chi connectivity index (χ3n) is 4.70. The average molecular weight is 355 g/mol. The van der Waals surface area contributed by atoms with E-state index in [9.17, 15) is 4.79 Å². The van der Waals surface area contributed by atoms with Crippen molar-refractivity contribution in [2.24, 2.45) is 0 Å². The second-order valence-electron chi connectivity index (χ2n) is 6.27. The van der Waals surface area contributed by atoms with Crippen molar-refractivity contribution >= 4 is 28.4 Å². The van der Waals surface area contributed by atoms with E-state index in [1.165, 1.54) is 5.56 Å². The number of hydrogen-bond acceptors (Lipinski definition) is 2. The summed E-state index contributed by atoms with van der Waals surface area (Å²) in [5.74, 6) is 0.757. The maximum absolute atomic E-state index is 12.6. The fraction of sp³-hybridized carbons (Fsp3) is 0.250. The Morgan fingerprint density at radius 2 is 2.16 bits per heavy atom. The van der Waals surface area contributed by atoms with Gasteiger partial charge in [-0.2, -0.15) is 0 Å². The molecule has 2 aromatic carbocycles. The predicted molar refractivity (Wildman–Crippen MR) is 99.3 cm³/mol. The first-order valence-corrected chi connectivity index (χ1v) is 8.85. The van der Waals surface area contributed by atoms with Crippen LogP contribution in [0.3, 0.4) is 0 Å². The number of nitrogens with one attached hydrogen (secondary N) is 2. The summed E-state index contributed by atoms with van der Waals surface area (Å²) in [6.07, 6.45) is 3.48. The number of rotatable bonds is 4. The van der Waals surface area contributed by atoms with Crippen molar-refractivity contribution in [2.75, 3.05) is 13.2 Å². The van der Waals surface area contributed by atoms with Crippen LogP contribution in [0, 0.1) is 0 Å². The summed E-state index contributed by atoms with van der Waals surface area (Å²) in [6, 6.07) is 13.6. The third-order valence-corrected chi connectivity index (χ3v) is 4.93. The van der Waals surface area contributed by atoms with E-state index < -0.39 is 0 Å². The van der Waals surface area contributed by atoms with Crippen LogP contribution in [0.15, 0.2) is 48.7 Å². The summed E-state index contributed by atoms with van der Waals surface area (Å²) >= 11 is 6.01. The van der Waals surface area contributed by atoms with Gasteiger partial charge in [-0.05, 0) is 36.6 Å². The van der Waals surface area contributed by atoms with Crippen LogP contribution in [0.1, 0.15) is 23.5 Å². The van der Waals surface area contributed by atoms with Gasteiger partial charge in [-0.15, -0.1) is 0 Å². The number of amides is 1. The number of halogens is 1. The van der Waals surface area contributed by atoms with Gasteiger partial charge in [0.2, 0.25) is 5.91 Å². The number of ether oxygens (including phenoxy) is 1. The van der Waals surface area contributed by atoms with E-state index in [4.69, 9.17) is 16.3 Å². The number of carbonyl (C=O) groups is 1. The number of hydrogen-bond donors (Lipinski definition) is 2. The van der Waals surface area contributed by atoms with E-state index in [1.807, 2.05) is 48.7 Å². The fourth-order valence-electron chi connectivity index (χ4n) is 3.42. The zero-order valence-corrected chi connectivity index (χ0v) is 14.5. The minimum Gasteiger partial charge on any atom is -0.493 e. The van der Waals surface area contributed by atoms with Gasteiger partial charge in [-0.1, -0.05) is 35.9 Å². The van der Waals surface area contributed by atoms with Crippen LogP contribution in [-0.2, 0) is 11.2 Å². The summed E-state index contributed by atoms with van der Waals surface area (Å²) in [5, 5.41) is 4.94. The molecule has 4 rings (SSSR count). The topological polar surface area (TPSA) is 54.1 Å². The van der Waals surface area contributed by atoms with Crippen molar-refractivity contribution in [1.29, 1.82) is 0 Å². The molecule has 0 radical (unpaired) electrons. The third kappa shape index (κ3) is 3.22. The molecule has 2 N–H and O–H groups in total. The van der Waals surface area contributed by atoms with Gasteiger partial charge in [-0.3, -0.25) is 4.79 Å². The number of aromatic amines is 1. The van der Waals surface area contributed by atoms with Gasteiger partial charge in [0, 0.05) is 34.2 Å². The summed E-state index contributed by atoms with van der Waals surface area (Å²) < 4.78 is 5.63. The standard InChI is InChI=1S/C20H19ClN2O2/c21-14-5-6-15-13(12-23-18(15)11-14)7-9-22-20(24)17-8-10-25-19-4-2-1-3-16(17)19/h1-6,11-12,17,23H,7-10H2,(H,22,24). The second kappa shape index (κ2) is 6.81. The highest BCUT2D eigenvalue weighted by molar-refractivity contribution is 6.31. The van der Waals surface area contributed by atoms with E-state index in [-0.39, 0.29) is 11.8 Å². The van der Waals surface area contributed by atoms with E-state index in [2.05, 4.69) is 10.3 Å². The predicted octanol–water partition coefficient (Wildman–Crippen LogP) is 4.05. The number of H-pyrrole nitrogens is 1. The Morgan fingerprint density at radius 1 is 1.28 bits per heavy atom. The quantitative estimate of drug-likeness (QED) is 0.742. The van der Waals surface area contributed by atoms with Gasteiger partial charge < -0.3 is 15.0 Å². The van der Waals surface area contributed by atoms with Crippen LogP contribution >= 0.6 is 11.6 Å². The van der Waals surface area contributed by atoms with E-state index in [1.54, 1.807) is 0 Å². The first-order chi connectivity index (χ1) is 12.2. The van der Waals surface area contributed by atoms with E-state index in [0.717, 1.165) is 28.6 Å². The van der Waals surface area contributed by atoms with Crippen LogP contribution in [0.5, 0.6) is 5.75 Å². The molecule has 1 aliphatic heterocycles. The molecule has 2 heterocycles. The lowest BCUT2D eigenvalue weighted by molar-refractivity contribution is -0.123. The van der Waals surface area contributed by atoms with Gasteiger partial charge >= 0.3 is 0 Å². The molecule has 25 heavy (non-hydrogen) atoms. The molecule has 1 amide bonds. The average Bonchev–Trinajstić information content (AvgIpc) is 3.03. The minimum atomic E-state index is -0.133. The van der Waals surface area contributed by atoms with Gasteiger partial charge in [0.05, 0.1) is 12.5 Å². The molecule has 3 aromatic rings. The zero-order valence-electron chi connectivity index (χ0n) is 13.7. The van der Waals surface area contributed by atoms with Crippen molar-refractivity contribution in [3.05, 3.63) is 64.8 Å². The summed E-state index contributed by atoms with van der Waals surface area (Å²) in [4.78, 5) is 15.8. The molecule has 4 nitrogen and oxygen atoms in total. The molecule has 5 heteroatoms. The molecule has 0 spiro atoms. The first kappa shape index (κ1) is 16.0. The number of aromatic nitrogens is 1. The number of benzene rings is 2. The van der Waals surface area contributed by atoms with Gasteiger partial charge in [0.25, 0.3) is 0 Å². The highest BCUT2D eigenvalue weighted by Crippen LogP contribution is 2.33. The van der Waals surface area contributed by atoms with Crippen molar-refractivity contribution < 1.29 is 9.53 Å². The molecular formula is C20H19ClN2O2. The minimum absolute atomic E-state index is 0.0682. The lowest BCUT2D eigenvalue weighted by Crippen LogP contribution is -2.33. The SMILES string of the molecule is O=C(NCCc1c[nH]c2cc(Cl)ccc12)C1CCOc2ccccc21. The molecule has 0 fully saturated rings. The lowest BCUT2D eigenvalue weighted by Gasteiger charge is -2.25. The largest absolute Gasteiger partial charge is 0.493 e. The Labute approximate surface area is 151 Å². The molecule has 0 aliphatic carbocycles. The fourth-order valence-corrected chi connectivity index (χ4v) is 3.60. The molecule has 0 saturated heterocycles. The summed E-state index contributed by atoms with van der Waals surface area (Å²) in [7, 11) is 0. The van der Waals surface area contributed by atoms with Gasteiger partial charge in [-0.25, -0.2) is 0 Å². The second-order valence-corrected chi connectivity index (χ2v) is 6.71. The van der Waals surface area contributed by atoms with E-state index in [0.29, 0.717) is 24.6 Å². The highest BCUT2D eigenvalue weighted by atomic mass is 35.5. The van der Waals surface area contributed by atoms with Gasteiger partial charge in [0.1, 0.15) is 5.75 Å². The van der Waals surface area contributed by atoms with Crippen molar-refractivity contribution in [1.82, 2.24) is 10.3 Å². The summed E-state index contributed by atoms with van der Waals surface area (Å²) in [6.45, 7) is 1.19. The van der Waals surface area contributed by atoms with Crippen molar-refractivity contribution in [2.45, 2.75) is 18.8 Å². The van der Waals surface area contributed by atoms with Crippen LogP contribution in [0.2, 0.25) is 5.02 Å². The van der Waals surface area contributed by atoms with Crippen LogP contribution < -0.4 is 10.1 Å². The Morgan fingerprint density at radius 3 is 3.08 bits per heavy atom. The molecule has 1 unspecified atom stereocenters. The zero-order chi connectivity index (χ0) is 17.2. The lowest BCUT2D eigenvalue weighted by atomic mass is 9.92. The molecule has 0 saturated carbocycles. The van der Waals surface area contributed by atoms with Gasteiger partial charge in [0.15, 0.2) is 0 Å². The van der Waals surface area contributed by atoms with Crippen LogP contribution in [-0.4, -0.2) is 24.0 Å². The maximum atomic E-state index is 12.6. The van der Waals surface area contributed by atoms with Crippen molar-refractivity contribution in [3.63, 3.8) is 0 Å². The maximum Gasteiger partial charge on any atom is 0.227 e. The first-order valence-electron chi connectivity index (χ1n) is 8.47. The molecule has 1 aromatic heterocycles. The number of carbonyl (C=O) groups excluding carboxylic acids is 1. The summed E-state index contributed by atoms with van der Waals surface area (Å²) in [5.41, 5.74) is 3.18. The molecule has 128 valence electrons. The Hall–Kier alpha value is -2.46. The Kier molecular flexibility index (Phi) is 4.36. The Bertz CT molecular complexity index is 919. The molecule has 1 atom stereocenters. The van der Waals surface area contributed by atoms with Crippen LogP contribution in [0.4, 0.5) is 0 Å². The molecule has 0 bridgehead atoms. The number of fused-ring (bicyclic) bond motifs is 2. The smallest absolute Gasteiger partial charge is 0.227 e. The number of para-hydroxylation sites is 1. The monoisotopic (exact) mass is 354 g/mol. The van der Waals surface area contributed by atoms with E-state index >= 15 is 0 Å².